The lowest BCUT2D eigenvalue weighted by atomic mass is 10.0. The predicted octanol–water partition coefficient (Wildman–Crippen LogP) is 4.04. The van der Waals surface area contributed by atoms with Gasteiger partial charge < -0.3 is 5.32 Å². The van der Waals surface area contributed by atoms with Crippen LogP contribution in [0.15, 0.2) is 54.6 Å². The molecular weight excluding hydrogens is 291 g/mol. The second-order valence-corrected chi connectivity index (χ2v) is 5.99. The summed E-state index contributed by atoms with van der Waals surface area (Å²) >= 11 is 0. The third-order valence-corrected chi connectivity index (χ3v) is 4.26. The molecule has 0 heterocycles. The van der Waals surface area contributed by atoms with Crippen molar-refractivity contribution in [3.63, 3.8) is 0 Å². The zero-order valence-corrected chi connectivity index (χ0v) is 13.0. The average Bonchev–Trinajstić information content (AvgIpc) is 3.09. The summed E-state index contributed by atoms with van der Waals surface area (Å²) < 4.78 is 13.0. The van der Waals surface area contributed by atoms with Crippen molar-refractivity contribution in [1.82, 2.24) is 5.32 Å². The summed E-state index contributed by atoms with van der Waals surface area (Å²) in [7, 11) is 0. The van der Waals surface area contributed by atoms with Crippen molar-refractivity contribution in [3.05, 3.63) is 66.0 Å². The van der Waals surface area contributed by atoms with Gasteiger partial charge in [-0.25, -0.2) is 4.39 Å². The van der Waals surface area contributed by atoms with Crippen molar-refractivity contribution in [3.8, 4) is 0 Å². The maximum absolute atomic E-state index is 13.0. The standard InChI is InChI=1S/C19H21FN2O/c20-15-10-12-17(13-11-15)22-19(23)18(14-6-2-1-3-7-14)21-16-8-4-5-9-16/h1-3,6-7,10-13,16,18,21H,4-5,8-9H2,(H,22,23)/t18-/m1/s1. The number of nitrogens with one attached hydrogen (secondary N) is 2. The smallest absolute Gasteiger partial charge is 0.246 e. The number of hydrogen-bond acceptors (Lipinski definition) is 2. The van der Waals surface area contributed by atoms with E-state index < -0.39 is 6.04 Å². The molecule has 0 aliphatic heterocycles. The van der Waals surface area contributed by atoms with Gasteiger partial charge in [0, 0.05) is 11.7 Å². The van der Waals surface area contributed by atoms with Crippen molar-refractivity contribution < 1.29 is 9.18 Å². The van der Waals surface area contributed by atoms with Gasteiger partial charge in [-0.2, -0.15) is 0 Å². The van der Waals surface area contributed by atoms with Crippen LogP contribution >= 0.6 is 0 Å². The first-order valence-corrected chi connectivity index (χ1v) is 8.10. The van der Waals surface area contributed by atoms with Gasteiger partial charge in [0.05, 0.1) is 0 Å². The Morgan fingerprint density at radius 1 is 1.00 bits per heavy atom. The first-order chi connectivity index (χ1) is 11.2. The van der Waals surface area contributed by atoms with E-state index in [2.05, 4.69) is 10.6 Å². The van der Waals surface area contributed by atoms with Gasteiger partial charge in [-0.1, -0.05) is 43.2 Å². The molecule has 4 heteroatoms. The second kappa shape index (κ2) is 7.38. The Bertz CT molecular complexity index is 636. The summed E-state index contributed by atoms with van der Waals surface area (Å²) in [5.74, 6) is -0.429. The Labute approximate surface area is 135 Å². The molecule has 2 N–H and O–H groups in total. The van der Waals surface area contributed by atoms with Crippen molar-refractivity contribution in [2.45, 2.75) is 37.8 Å². The highest BCUT2D eigenvalue weighted by molar-refractivity contribution is 5.95. The van der Waals surface area contributed by atoms with E-state index in [0.717, 1.165) is 18.4 Å². The Balaban J connectivity index is 1.76. The fourth-order valence-electron chi connectivity index (χ4n) is 3.04. The quantitative estimate of drug-likeness (QED) is 0.875. The molecule has 0 aromatic heterocycles. The van der Waals surface area contributed by atoms with Crippen LogP contribution in [0.3, 0.4) is 0 Å². The molecule has 2 aromatic rings. The highest BCUT2D eigenvalue weighted by Gasteiger charge is 2.25. The van der Waals surface area contributed by atoms with E-state index in [4.69, 9.17) is 0 Å². The molecule has 1 aliphatic rings. The molecule has 2 aromatic carbocycles. The van der Waals surface area contributed by atoms with Gasteiger partial charge in [-0.15, -0.1) is 0 Å². The van der Waals surface area contributed by atoms with Gasteiger partial charge in [0.25, 0.3) is 0 Å². The zero-order valence-electron chi connectivity index (χ0n) is 13.0. The molecule has 1 atom stereocenters. The summed E-state index contributed by atoms with van der Waals surface area (Å²) in [6.45, 7) is 0. The summed E-state index contributed by atoms with van der Waals surface area (Å²) in [4.78, 5) is 12.7. The fourth-order valence-corrected chi connectivity index (χ4v) is 3.04. The number of amides is 1. The highest BCUT2D eigenvalue weighted by Crippen LogP contribution is 2.23. The lowest BCUT2D eigenvalue weighted by Gasteiger charge is -2.23. The first-order valence-electron chi connectivity index (χ1n) is 8.10. The van der Waals surface area contributed by atoms with Crippen LogP contribution in [-0.2, 0) is 4.79 Å². The number of carbonyl (C=O) groups excluding carboxylic acids is 1. The monoisotopic (exact) mass is 312 g/mol. The van der Waals surface area contributed by atoms with Crippen LogP contribution < -0.4 is 10.6 Å². The molecular formula is C19H21FN2O. The van der Waals surface area contributed by atoms with Gasteiger partial charge in [0.2, 0.25) is 5.91 Å². The van der Waals surface area contributed by atoms with Crippen LogP contribution in [0.1, 0.15) is 37.3 Å². The van der Waals surface area contributed by atoms with Crippen LogP contribution in [0, 0.1) is 5.82 Å². The van der Waals surface area contributed by atoms with Gasteiger partial charge in [-0.3, -0.25) is 10.1 Å². The number of benzene rings is 2. The van der Waals surface area contributed by atoms with E-state index >= 15 is 0 Å². The second-order valence-electron chi connectivity index (χ2n) is 5.99. The minimum atomic E-state index is -0.399. The Morgan fingerprint density at radius 2 is 1.65 bits per heavy atom. The Morgan fingerprint density at radius 3 is 2.30 bits per heavy atom. The number of halogens is 1. The largest absolute Gasteiger partial charge is 0.324 e. The van der Waals surface area contributed by atoms with Crippen LogP contribution in [0.25, 0.3) is 0 Å². The van der Waals surface area contributed by atoms with Crippen LogP contribution in [0.4, 0.5) is 10.1 Å². The molecule has 0 bridgehead atoms. The van der Waals surface area contributed by atoms with E-state index in [-0.39, 0.29) is 11.7 Å². The summed E-state index contributed by atoms with van der Waals surface area (Å²) in [5, 5.41) is 6.35. The predicted molar refractivity (Wildman–Crippen MR) is 89.6 cm³/mol. The summed E-state index contributed by atoms with van der Waals surface area (Å²) in [6, 6.07) is 15.5. The van der Waals surface area contributed by atoms with E-state index in [1.165, 1.54) is 25.0 Å². The maximum Gasteiger partial charge on any atom is 0.246 e. The van der Waals surface area contributed by atoms with Crippen LogP contribution in [-0.4, -0.2) is 11.9 Å². The lowest BCUT2D eigenvalue weighted by molar-refractivity contribution is -0.118. The van der Waals surface area contributed by atoms with Gasteiger partial charge in [0.15, 0.2) is 0 Å². The first kappa shape index (κ1) is 15.7. The SMILES string of the molecule is O=C(Nc1ccc(F)cc1)[C@H](NC1CCCC1)c1ccccc1. The zero-order chi connectivity index (χ0) is 16.1. The Hall–Kier alpha value is -2.20. The molecule has 1 amide bonds. The normalized spacial score (nSPS) is 16.2. The lowest BCUT2D eigenvalue weighted by Crippen LogP contribution is -2.38. The molecule has 0 saturated heterocycles. The topological polar surface area (TPSA) is 41.1 Å². The van der Waals surface area contributed by atoms with Crippen molar-refractivity contribution >= 4 is 11.6 Å². The van der Waals surface area contributed by atoms with Crippen LogP contribution in [0.5, 0.6) is 0 Å². The van der Waals surface area contributed by atoms with E-state index in [1.807, 2.05) is 30.3 Å². The minimum absolute atomic E-state index is 0.116. The molecule has 3 rings (SSSR count). The van der Waals surface area contributed by atoms with Gasteiger partial charge in [-0.05, 0) is 42.7 Å². The van der Waals surface area contributed by atoms with Gasteiger partial charge >= 0.3 is 0 Å². The molecule has 23 heavy (non-hydrogen) atoms. The summed E-state index contributed by atoms with van der Waals surface area (Å²) in [6.07, 6.45) is 4.62. The fraction of sp³-hybridized carbons (Fsp3) is 0.316. The molecule has 1 fully saturated rings. The van der Waals surface area contributed by atoms with E-state index in [9.17, 15) is 9.18 Å². The van der Waals surface area contributed by atoms with E-state index in [0.29, 0.717) is 11.7 Å². The third-order valence-electron chi connectivity index (χ3n) is 4.26. The molecule has 0 radical (unpaired) electrons. The van der Waals surface area contributed by atoms with Crippen LogP contribution in [0.2, 0.25) is 0 Å². The molecule has 0 spiro atoms. The number of rotatable bonds is 5. The number of hydrogen-bond donors (Lipinski definition) is 2. The van der Waals surface area contributed by atoms with Crippen molar-refractivity contribution in [2.24, 2.45) is 0 Å². The summed E-state index contributed by atoms with van der Waals surface area (Å²) in [5.41, 5.74) is 1.55. The molecule has 0 unspecified atom stereocenters. The molecule has 1 aliphatic carbocycles. The van der Waals surface area contributed by atoms with E-state index in [1.54, 1.807) is 12.1 Å². The van der Waals surface area contributed by atoms with Crippen molar-refractivity contribution in [1.29, 1.82) is 0 Å². The number of carbonyl (C=O) groups is 1. The highest BCUT2D eigenvalue weighted by atomic mass is 19.1. The Kier molecular flexibility index (Phi) is 5.03. The molecule has 3 nitrogen and oxygen atoms in total. The third kappa shape index (κ3) is 4.17. The maximum atomic E-state index is 13.0. The number of anilines is 1. The minimum Gasteiger partial charge on any atom is -0.324 e. The molecule has 1 saturated carbocycles. The van der Waals surface area contributed by atoms with Crippen molar-refractivity contribution in [2.75, 3.05) is 5.32 Å². The van der Waals surface area contributed by atoms with Gasteiger partial charge in [0.1, 0.15) is 11.9 Å². The average molecular weight is 312 g/mol. The molecule has 120 valence electrons.